The Kier molecular flexibility index (Phi) is 3.94. The third-order valence-electron chi connectivity index (χ3n) is 1.01. The summed E-state index contributed by atoms with van der Waals surface area (Å²) in [4.78, 5) is 9.77. The largest absolute Gasteiger partial charge is 0.353 e. The predicted octanol–water partition coefficient (Wildman–Crippen LogP) is 0.697. The van der Waals surface area contributed by atoms with E-state index in [0.717, 1.165) is 6.42 Å². The number of nitrogens with one attached hydrogen (secondary N) is 1. The minimum absolute atomic E-state index is 0.146. The molecule has 0 bridgehead atoms. The lowest BCUT2D eigenvalue weighted by atomic mass is 10.2. The van der Waals surface area contributed by atoms with Crippen molar-refractivity contribution in [2.24, 2.45) is 0 Å². The van der Waals surface area contributed by atoms with Crippen molar-refractivity contribution >= 4 is 6.41 Å². The van der Waals surface area contributed by atoms with E-state index < -0.39 is 0 Å². The van der Waals surface area contributed by atoms with E-state index in [1.807, 2.05) is 6.92 Å². The molecule has 1 N–H and O–H groups in total. The molecule has 0 aliphatic carbocycles. The van der Waals surface area contributed by atoms with Gasteiger partial charge in [-0.2, -0.15) is 0 Å². The zero-order valence-corrected chi connectivity index (χ0v) is 5.05. The van der Waals surface area contributed by atoms with Crippen LogP contribution in [0.4, 0.5) is 0 Å². The second kappa shape index (κ2) is 4.37. The fourth-order valence-electron chi connectivity index (χ4n) is 0.440. The standard InChI is InChI=1S/C6H11NO/c1-3-6(4-2)7-5-8/h3,5-6H,1,4H2,2H3,(H,7,8). The molecule has 2 heteroatoms. The lowest BCUT2D eigenvalue weighted by molar-refractivity contribution is -0.109. The molecule has 0 aromatic rings. The van der Waals surface area contributed by atoms with E-state index in [2.05, 4.69) is 11.9 Å². The Morgan fingerprint density at radius 1 is 1.88 bits per heavy atom. The van der Waals surface area contributed by atoms with Crippen LogP contribution >= 0.6 is 0 Å². The highest BCUT2D eigenvalue weighted by Gasteiger charge is 1.93. The summed E-state index contributed by atoms with van der Waals surface area (Å²) in [6.45, 7) is 5.52. The van der Waals surface area contributed by atoms with Gasteiger partial charge in [0.15, 0.2) is 0 Å². The molecule has 46 valence electrons. The van der Waals surface area contributed by atoms with E-state index in [9.17, 15) is 4.79 Å². The first-order chi connectivity index (χ1) is 3.85. The van der Waals surface area contributed by atoms with Crippen LogP contribution in [-0.2, 0) is 4.79 Å². The van der Waals surface area contributed by atoms with Crippen LogP contribution in [0.25, 0.3) is 0 Å². The summed E-state index contributed by atoms with van der Waals surface area (Å²) in [7, 11) is 0. The molecular weight excluding hydrogens is 102 g/mol. The molecule has 0 spiro atoms. The van der Waals surface area contributed by atoms with Crippen molar-refractivity contribution in [2.45, 2.75) is 19.4 Å². The van der Waals surface area contributed by atoms with Gasteiger partial charge in [0, 0.05) is 6.04 Å². The molecule has 0 aliphatic heterocycles. The van der Waals surface area contributed by atoms with Crippen molar-refractivity contribution in [3.8, 4) is 0 Å². The summed E-state index contributed by atoms with van der Waals surface area (Å²) in [6, 6.07) is 0.146. The van der Waals surface area contributed by atoms with E-state index in [4.69, 9.17) is 0 Å². The van der Waals surface area contributed by atoms with Crippen molar-refractivity contribution in [1.82, 2.24) is 5.32 Å². The SMILES string of the molecule is C=CC(CC)NC=O. The van der Waals surface area contributed by atoms with Crippen LogP contribution in [0.3, 0.4) is 0 Å². The highest BCUT2D eigenvalue weighted by molar-refractivity contribution is 5.47. The Labute approximate surface area is 49.6 Å². The van der Waals surface area contributed by atoms with E-state index in [1.54, 1.807) is 6.08 Å². The maximum absolute atomic E-state index is 9.77. The molecule has 1 atom stereocenters. The molecule has 1 unspecified atom stereocenters. The summed E-state index contributed by atoms with van der Waals surface area (Å²) >= 11 is 0. The smallest absolute Gasteiger partial charge is 0.207 e. The first-order valence-corrected chi connectivity index (χ1v) is 2.67. The zero-order chi connectivity index (χ0) is 6.41. The Morgan fingerprint density at radius 3 is 2.62 bits per heavy atom. The molecule has 0 aromatic carbocycles. The highest BCUT2D eigenvalue weighted by atomic mass is 16.1. The fraction of sp³-hybridized carbons (Fsp3) is 0.500. The van der Waals surface area contributed by atoms with Gasteiger partial charge in [0.2, 0.25) is 6.41 Å². The van der Waals surface area contributed by atoms with Gasteiger partial charge in [0.1, 0.15) is 0 Å². The van der Waals surface area contributed by atoms with Gasteiger partial charge in [-0.25, -0.2) is 0 Å². The normalized spacial score (nSPS) is 12.1. The Bertz CT molecular complexity index is 80.6. The van der Waals surface area contributed by atoms with Crippen LogP contribution in [0.15, 0.2) is 12.7 Å². The number of carbonyl (C=O) groups excluding carboxylic acids is 1. The lowest BCUT2D eigenvalue weighted by Crippen LogP contribution is -2.23. The Morgan fingerprint density at radius 2 is 2.50 bits per heavy atom. The van der Waals surface area contributed by atoms with Gasteiger partial charge in [-0.3, -0.25) is 4.79 Å². The molecule has 0 saturated heterocycles. The number of hydrogen-bond acceptors (Lipinski definition) is 1. The first-order valence-electron chi connectivity index (χ1n) is 2.67. The summed E-state index contributed by atoms with van der Waals surface area (Å²) in [5, 5.41) is 2.58. The molecule has 0 aromatic heterocycles. The molecule has 1 amide bonds. The monoisotopic (exact) mass is 113 g/mol. The summed E-state index contributed by atoms with van der Waals surface area (Å²) in [5.74, 6) is 0. The van der Waals surface area contributed by atoms with Gasteiger partial charge in [0.25, 0.3) is 0 Å². The van der Waals surface area contributed by atoms with Gasteiger partial charge in [-0.15, -0.1) is 6.58 Å². The molecule has 0 radical (unpaired) electrons. The predicted molar refractivity (Wildman–Crippen MR) is 33.5 cm³/mol. The van der Waals surface area contributed by atoms with Crippen LogP contribution in [0.2, 0.25) is 0 Å². The summed E-state index contributed by atoms with van der Waals surface area (Å²) in [5.41, 5.74) is 0. The van der Waals surface area contributed by atoms with Gasteiger partial charge < -0.3 is 5.32 Å². The van der Waals surface area contributed by atoms with E-state index in [0.29, 0.717) is 6.41 Å². The molecular formula is C6H11NO. The van der Waals surface area contributed by atoms with Gasteiger partial charge >= 0.3 is 0 Å². The average molecular weight is 113 g/mol. The van der Waals surface area contributed by atoms with E-state index >= 15 is 0 Å². The molecule has 0 rings (SSSR count). The van der Waals surface area contributed by atoms with Crippen molar-refractivity contribution in [3.63, 3.8) is 0 Å². The van der Waals surface area contributed by atoms with Crippen LogP contribution in [0.5, 0.6) is 0 Å². The quantitative estimate of drug-likeness (QED) is 0.422. The Hall–Kier alpha value is -0.790. The second-order valence-corrected chi connectivity index (χ2v) is 1.53. The maximum Gasteiger partial charge on any atom is 0.207 e. The number of carbonyl (C=O) groups is 1. The molecule has 2 nitrogen and oxygen atoms in total. The van der Waals surface area contributed by atoms with Crippen LogP contribution in [0.1, 0.15) is 13.3 Å². The van der Waals surface area contributed by atoms with Crippen molar-refractivity contribution < 1.29 is 4.79 Å². The molecule has 0 aliphatic rings. The molecule has 0 fully saturated rings. The number of rotatable bonds is 4. The van der Waals surface area contributed by atoms with Gasteiger partial charge in [-0.1, -0.05) is 13.0 Å². The number of hydrogen-bond donors (Lipinski definition) is 1. The van der Waals surface area contributed by atoms with Crippen molar-refractivity contribution in [1.29, 1.82) is 0 Å². The third kappa shape index (κ3) is 2.39. The molecule has 0 saturated carbocycles. The van der Waals surface area contributed by atoms with E-state index in [-0.39, 0.29) is 6.04 Å². The summed E-state index contributed by atoms with van der Waals surface area (Å²) in [6.07, 6.45) is 3.31. The minimum atomic E-state index is 0.146. The number of amides is 1. The van der Waals surface area contributed by atoms with Gasteiger partial charge in [0.05, 0.1) is 0 Å². The lowest BCUT2D eigenvalue weighted by Gasteiger charge is -2.04. The molecule has 0 heterocycles. The first kappa shape index (κ1) is 7.21. The van der Waals surface area contributed by atoms with Gasteiger partial charge in [-0.05, 0) is 6.42 Å². The average Bonchev–Trinajstić information content (AvgIpc) is 1.83. The minimum Gasteiger partial charge on any atom is -0.353 e. The second-order valence-electron chi connectivity index (χ2n) is 1.53. The highest BCUT2D eigenvalue weighted by Crippen LogP contribution is 1.87. The van der Waals surface area contributed by atoms with Crippen molar-refractivity contribution in [3.05, 3.63) is 12.7 Å². The topological polar surface area (TPSA) is 29.1 Å². The van der Waals surface area contributed by atoms with E-state index in [1.165, 1.54) is 0 Å². The third-order valence-corrected chi connectivity index (χ3v) is 1.01. The van der Waals surface area contributed by atoms with Crippen LogP contribution < -0.4 is 5.32 Å². The maximum atomic E-state index is 9.77. The van der Waals surface area contributed by atoms with Crippen LogP contribution in [-0.4, -0.2) is 12.5 Å². The molecule has 8 heavy (non-hydrogen) atoms. The van der Waals surface area contributed by atoms with Crippen LogP contribution in [0, 0.1) is 0 Å². The van der Waals surface area contributed by atoms with Crippen molar-refractivity contribution in [2.75, 3.05) is 0 Å². The fourth-order valence-corrected chi connectivity index (χ4v) is 0.440. The summed E-state index contributed by atoms with van der Waals surface area (Å²) < 4.78 is 0. The zero-order valence-electron chi connectivity index (χ0n) is 5.05. The Balaban J connectivity index is 3.35.